The Labute approximate surface area is 223 Å². The molecular weight excluding hydrogens is 527 g/mol. The third kappa shape index (κ3) is 3.71. The average molecular weight is 564 g/mol. The van der Waals surface area contributed by atoms with Crippen molar-refractivity contribution in [2.45, 2.75) is 63.9 Å². The van der Waals surface area contributed by atoms with E-state index in [-0.39, 0.29) is 16.5 Å². The van der Waals surface area contributed by atoms with Crippen LogP contribution in [0, 0.1) is 0 Å². The van der Waals surface area contributed by atoms with Gasteiger partial charge in [-0.3, -0.25) is 0 Å². The topological polar surface area (TPSA) is 0 Å². The second-order valence-corrected chi connectivity index (χ2v) is 21.4. The molecule has 182 valence electrons. The zero-order valence-corrected chi connectivity index (χ0v) is 24.8. The molecule has 1 heterocycles. The van der Waals surface area contributed by atoms with E-state index in [4.69, 9.17) is 15.5 Å². The zero-order chi connectivity index (χ0) is 24.9. The molecule has 0 radical (unpaired) electrons. The van der Waals surface area contributed by atoms with Crippen LogP contribution in [0.1, 0.15) is 68.4 Å². The normalized spacial score (nSPS) is 18.7. The summed E-state index contributed by atoms with van der Waals surface area (Å²) in [7, 11) is 0. The van der Waals surface area contributed by atoms with Gasteiger partial charge in [0.05, 0.1) is 0 Å². The molecule has 4 aromatic rings. The molecule has 35 heavy (non-hydrogen) atoms. The molecule has 1 aliphatic carbocycles. The molecule has 0 saturated heterocycles. The first kappa shape index (κ1) is 24.9. The van der Waals surface area contributed by atoms with Crippen LogP contribution in [0.4, 0.5) is 0 Å². The van der Waals surface area contributed by atoms with Gasteiger partial charge in [-0.2, -0.15) is 0 Å². The van der Waals surface area contributed by atoms with E-state index < -0.39 is 5.31 Å². The van der Waals surface area contributed by atoms with Crippen molar-refractivity contribution in [3.8, 4) is 0 Å². The van der Waals surface area contributed by atoms with E-state index in [0.717, 1.165) is 0 Å². The van der Waals surface area contributed by atoms with Crippen molar-refractivity contribution in [2.24, 2.45) is 0 Å². The Bertz CT molecular complexity index is 1190. The second kappa shape index (κ2) is 8.69. The van der Waals surface area contributed by atoms with E-state index >= 15 is 0 Å². The van der Waals surface area contributed by atoms with Gasteiger partial charge in [-0.25, -0.2) is 0 Å². The summed E-state index contributed by atoms with van der Waals surface area (Å²) in [6.45, 7) is 12.2. The van der Waals surface area contributed by atoms with Crippen LogP contribution in [0.3, 0.4) is 0 Å². The maximum atomic E-state index is 4.71. The second-order valence-electron chi connectivity index (χ2n) is 11.4. The molecular formula is C32H36BrPS. The molecule has 1 unspecified atom stereocenters. The Kier molecular flexibility index (Phi) is 6.19. The minimum atomic E-state index is -3.08. The fourth-order valence-electron chi connectivity index (χ4n) is 6.01. The molecule has 0 aliphatic heterocycles. The molecule has 1 aromatic heterocycles. The van der Waals surface area contributed by atoms with Gasteiger partial charge >= 0.3 is 224 Å². The predicted octanol–water partition coefficient (Wildman–Crippen LogP) is 9.00. The van der Waals surface area contributed by atoms with Gasteiger partial charge in [0.25, 0.3) is 0 Å². The Balaban J connectivity index is 1.86. The first-order chi connectivity index (χ1) is 16.6. The number of hydrogen-bond donors (Lipinski definition) is 0. The van der Waals surface area contributed by atoms with Crippen molar-refractivity contribution < 1.29 is 0 Å². The van der Waals surface area contributed by atoms with Gasteiger partial charge in [-0.05, 0) is 0 Å². The van der Waals surface area contributed by atoms with Gasteiger partial charge < -0.3 is 0 Å². The molecule has 1 atom stereocenters. The van der Waals surface area contributed by atoms with Crippen molar-refractivity contribution in [1.82, 2.24) is 0 Å². The summed E-state index contributed by atoms with van der Waals surface area (Å²) in [5.74, 6) is 0. The van der Waals surface area contributed by atoms with E-state index in [0.29, 0.717) is 0 Å². The number of thiophene rings is 1. The van der Waals surface area contributed by atoms with Crippen molar-refractivity contribution in [3.05, 3.63) is 112 Å². The molecule has 0 saturated carbocycles. The average Bonchev–Trinajstić information content (AvgIpc) is 3.36. The summed E-state index contributed by atoms with van der Waals surface area (Å²) in [5.41, 5.74) is 2.28. The number of fused-ring (bicyclic) bond motifs is 1. The van der Waals surface area contributed by atoms with Gasteiger partial charge in [0.2, 0.25) is 0 Å². The van der Waals surface area contributed by atoms with Crippen LogP contribution < -0.4 is 15.9 Å². The Morgan fingerprint density at radius 1 is 0.686 bits per heavy atom. The molecule has 0 amide bonds. The maximum absolute atomic E-state index is 4.71. The van der Waals surface area contributed by atoms with Crippen LogP contribution in [0.2, 0.25) is 0 Å². The fourth-order valence-corrected chi connectivity index (χ4v) is 16.5. The molecule has 0 N–H and O–H groups in total. The Morgan fingerprint density at radius 2 is 1.09 bits per heavy atom. The SMILES string of the molecule is CC(c1cc2c(s1)C(C)(C)CCC2(C)C)P(Br)(c1ccccc1)(c1ccccc1)c1ccccc1. The molecule has 0 spiro atoms. The van der Waals surface area contributed by atoms with Gasteiger partial charge in [-0.1, -0.05) is 0 Å². The summed E-state index contributed by atoms with van der Waals surface area (Å²) in [4.78, 5) is 3.08. The van der Waals surface area contributed by atoms with Crippen molar-refractivity contribution >= 4 is 48.0 Å². The number of benzene rings is 3. The molecule has 1 aliphatic rings. The monoisotopic (exact) mass is 562 g/mol. The van der Waals surface area contributed by atoms with Gasteiger partial charge in [0, 0.05) is 0 Å². The van der Waals surface area contributed by atoms with Gasteiger partial charge in [-0.15, -0.1) is 0 Å². The van der Waals surface area contributed by atoms with Crippen molar-refractivity contribution in [2.75, 3.05) is 0 Å². The minimum absolute atomic E-state index is 0.217. The summed E-state index contributed by atoms with van der Waals surface area (Å²) >= 11 is 6.77. The van der Waals surface area contributed by atoms with Gasteiger partial charge in [0.1, 0.15) is 0 Å². The van der Waals surface area contributed by atoms with E-state index in [1.807, 2.05) is 0 Å². The molecule has 0 nitrogen and oxygen atoms in total. The molecule has 3 aromatic carbocycles. The standard InChI is InChI=1S/C32H36BrPS/c1-24(29-23-28-30(35-29)32(4,5)22-21-31(28,2)3)34(33,25-15-9-6-10-16-25,26-17-11-7-12-18-26)27-19-13-8-14-20-27/h6-20,23-24H,21-22H2,1-5H3. The van der Waals surface area contributed by atoms with E-state index in [9.17, 15) is 0 Å². The van der Waals surface area contributed by atoms with Crippen LogP contribution in [-0.2, 0) is 10.8 Å². The Hall–Kier alpha value is -1.73. The summed E-state index contributed by atoms with van der Waals surface area (Å²) in [6, 6.07) is 36.2. The zero-order valence-electron chi connectivity index (χ0n) is 21.5. The van der Waals surface area contributed by atoms with Gasteiger partial charge in [0.15, 0.2) is 0 Å². The first-order valence-electron chi connectivity index (χ1n) is 12.6. The first-order valence-corrected chi connectivity index (χ1v) is 17.8. The van der Waals surface area contributed by atoms with Crippen LogP contribution in [0.15, 0.2) is 97.1 Å². The third-order valence-corrected chi connectivity index (χ3v) is 21.4. The number of hydrogen-bond acceptors (Lipinski definition) is 1. The van der Waals surface area contributed by atoms with Crippen LogP contribution in [-0.4, -0.2) is 0 Å². The van der Waals surface area contributed by atoms with Crippen LogP contribution in [0.5, 0.6) is 0 Å². The molecule has 3 heteroatoms. The van der Waals surface area contributed by atoms with Crippen LogP contribution in [0.25, 0.3) is 0 Å². The third-order valence-electron chi connectivity index (χ3n) is 8.39. The van der Waals surface area contributed by atoms with Crippen molar-refractivity contribution in [3.63, 3.8) is 0 Å². The molecule has 5 rings (SSSR count). The van der Waals surface area contributed by atoms with Crippen LogP contribution >= 0.6 is 32.1 Å². The number of halogens is 1. The molecule has 0 bridgehead atoms. The summed E-state index contributed by atoms with van der Waals surface area (Å²) in [5, 5.41) is 1.07. The Morgan fingerprint density at radius 3 is 1.49 bits per heavy atom. The van der Waals surface area contributed by atoms with E-state index in [2.05, 4.69) is 143 Å². The van der Waals surface area contributed by atoms with Crippen molar-refractivity contribution in [1.29, 1.82) is 0 Å². The van der Waals surface area contributed by atoms with E-state index in [1.165, 1.54) is 33.6 Å². The fraction of sp³-hybridized carbons (Fsp3) is 0.312. The molecule has 0 fully saturated rings. The summed E-state index contributed by atoms with van der Waals surface area (Å²) in [6.07, 6.45) is 2.49. The number of rotatable bonds is 5. The predicted molar refractivity (Wildman–Crippen MR) is 162 cm³/mol. The quantitative estimate of drug-likeness (QED) is 0.213. The van der Waals surface area contributed by atoms with E-state index in [1.54, 1.807) is 10.4 Å². The summed E-state index contributed by atoms with van der Waals surface area (Å²) < 4.78 is 0.